The van der Waals surface area contributed by atoms with Crippen LogP contribution in [0.5, 0.6) is 0 Å². The van der Waals surface area contributed by atoms with Crippen molar-refractivity contribution in [1.29, 1.82) is 0 Å². The molecule has 0 radical (unpaired) electrons. The van der Waals surface area contributed by atoms with Gasteiger partial charge in [0, 0.05) is 19.3 Å². The second-order valence-electron chi connectivity index (χ2n) is 4.04. The van der Waals surface area contributed by atoms with E-state index in [2.05, 4.69) is 19.9 Å². The lowest BCUT2D eigenvalue weighted by molar-refractivity contribution is 0.167. The van der Waals surface area contributed by atoms with Crippen LogP contribution in [0, 0.1) is 0 Å². The lowest BCUT2D eigenvalue weighted by Crippen LogP contribution is -2.36. The van der Waals surface area contributed by atoms with Crippen LogP contribution in [0.4, 0.5) is 16.2 Å². The normalized spacial score (nSPS) is 19.1. The quantitative estimate of drug-likeness (QED) is 0.786. The maximum Gasteiger partial charge on any atom is 0.407 e. The minimum Gasteiger partial charge on any atom is -0.453 e. The maximum absolute atomic E-state index is 11.1. The van der Waals surface area contributed by atoms with Crippen LogP contribution in [0.1, 0.15) is 6.42 Å². The van der Waals surface area contributed by atoms with Gasteiger partial charge in [-0.05, 0) is 12.5 Å². The van der Waals surface area contributed by atoms with E-state index in [0.717, 1.165) is 25.2 Å². The first-order valence-electron chi connectivity index (χ1n) is 5.49. The van der Waals surface area contributed by atoms with Crippen LogP contribution >= 0.6 is 0 Å². The van der Waals surface area contributed by atoms with Gasteiger partial charge in [-0.15, -0.1) is 0 Å². The van der Waals surface area contributed by atoms with Crippen LogP contribution in [0.2, 0.25) is 0 Å². The molecule has 0 spiro atoms. The van der Waals surface area contributed by atoms with E-state index in [9.17, 15) is 4.79 Å². The summed E-state index contributed by atoms with van der Waals surface area (Å²) >= 11 is 0. The average Bonchev–Trinajstić information content (AvgIpc) is 2.77. The van der Waals surface area contributed by atoms with Crippen molar-refractivity contribution >= 4 is 17.5 Å². The van der Waals surface area contributed by atoms with Gasteiger partial charge in [-0.25, -0.2) is 4.79 Å². The number of rotatable bonds is 2. The Bertz CT molecular complexity index is 410. The summed E-state index contributed by atoms with van der Waals surface area (Å²) in [4.78, 5) is 17.3. The molecule has 2 heterocycles. The molecule has 1 amide bonds. The van der Waals surface area contributed by atoms with E-state index in [1.807, 2.05) is 6.07 Å². The smallest absolute Gasteiger partial charge is 0.407 e. The van der Waals surface area contributed by atoms with Gasteiger partial charge in [-0.2, -0.15) is 0 Å². The summed E-state index contributed by atoms with van der Waals surface area (Å²) in [6, 6.07) is 2.00. The number of carbonyl (C=O) groups is 1. The van der Waals surface area contributed by atoms with Gasteiger partial charge in [0.15, 0.2) is 0 Å². The summed E-state index contributed by atoms with van der Waals surface area (Å²) in [5.41, 5.74) is 7.31. The van der Waals surface area contributed by atoms with Crippen molar-refractivity contribution in [2.45, 2.75) is 12.5 Å². The highest BCUT2D eigenvalue weighted by Gasteiger charge is 2.24. The van der Waals surface area contributed by atoms with Gasteiger partial charge in [0.05, 0.1) is 30.7 Å². The van der Waals surface area contributed by atoms with Crippen molar-refractivity contribution < 1.29 is 9.53 Å². The highest BCUT2D eigenvalue weighted by Crippen LogP contribution is 2.21. The van der Waals surface area contributed by atoms with Gasteiger partial charge in [-0.1, -0.05) is 0 Å². The number of pyridine rings is 1. The second-order valence-corrected chi connectivity index (χ2v) is 4.04. The van der Waals surface area contributed by atoms with Crippen molar-refractivity contribution in [2.75, 3.05) is 30.8 Å². The molecule has 0 aliphatic carbocycles. The van der Waals surface area contributed by atoms with Gasteiger partial charge in [-0.3, -0.25) is 4.98 Å². The Morgan fingerprint density at radius 1 is 1.65 bits per heavy atom. The van der Waals surface area contributed by atoms with E-state index in [1.165, 1.54) is 7.11 Å². The Balaban J connectivity index is 1.96. The van der Waals surface area contributed by atoms with Gasteiger partial charge < -0.3 is 20.7 Å². The number of ether oxygens (including phenoxy) is 1. The molecule has 6 heteroatoms. The predicted molar refractivity (Wildman–Crippen MR) is 64.8 cm³/mol. The first-order chi connectivity index (χ1) is 8.19. The predicted octanol–water partition coefficient (Wildman–Crippen LogP) is 0.598. The fourth-order valence-electron chi connectivity index (χ4n) is 1.96. The number of nitrogens with zero attached hydrogens (tertiary/aromatic N) is 2. The van der Waals surface area contributed by atoms with E-state index in [1.54, 1.807) is 12.4 Å². The number of hydrogen-bond acceptors (Lipinski definition) is 5. The zero-order valence-electron chi connectivity index (χ0n) is 9.72. The SMILES string of the molecule is COC(=O)NC1CCN(c2cncc(N)c2)C1. The molecule has 92 valence electrons. The number of alkyl carbamates (subject to hydrolysis) is 1. The molecule has 0 bridgehead atoms. The third-order valence-corrected chi connectivity index (χ3v) is 2.81. The Kier molecular flexibility index (Phi) is 3.32. The van der Waals surface area contributed by atoms with Crippen molar-refractivity contribution in [3.8, 4) is 0 Å². The van der Waals surface area contributed by atoms with Gasteiger partial charge >= 0.3 is 6.09 Å². The molecule has 3 N–H and O–H groups in total. The van der Waals surface area contributed by atoms with E-state index in [0.29, 0.717) is 5.69 Å². The fraction of sp³-hybridized carbons (Fsp3) is 0.455. The van der Waals surface area contributed by atoms with E-state index >= 15 is 0 Å². The Labute approximate surface area is 99.8 Å². The number of amides is 1. The highest BCUT2D eigenvalue weighted by molar-refractivity contribution is 5.67. The van der Waals surface area contributed by atoms with Crippen molar-refractivity contribution in [3.63, 3.8) is 0 Å². The number of nitrogens with one attached hydrogen (secondary N) is 1. The Morgan fingerprint density at radius 2 is 2.47 bits per heavy atom. The van der Waals surface area contributed by atoms with Crippen LogP contribution in [0.3, 0.4) is 0 Å². The second kappa shape index (κ2) is 4.90. The summed E-state index contributed by atoms with van der Waals surface area (Å²) in [6.45, 7) is 1.63. The lowest BCUT2D eigenvalue weighted by atomic mass is 10.3. The van der Waals surface area contributed by atoms with Gasteiger partial charge in [0.1, 0.15) is 0 Å². The van der Waals surface area contributed by atoms with Crippen LogP contribution in [-0.4, -0.2) is 37.3 Å². The summed E-state index contributed by atoms with van der Waals surface area (Å²) in [5.74, 6) is 0. The lowest BCUT2D eigenvalue weighted by Gasteiger charge is -2.18. The van der Waals surface area contributed by atoms with Crippen LogP contribution in [-0.2, 0) is 4.74 Å². The molecule has 1 atom stereocenters. The summed E-state index contributed by atoms with van der Waals surface area (Å²) in [5, 5.41) is 2.79. The molecule has 1 aliphatic heterocycles. The summed E-state index contributed by atoms with van der Waals surface area (Å²) < 4.78 is 4.57. The number of nitrogen functional groups attached to an aromatic ring is 1. The Morgan fingerprint density at radius 3 is 3.18 bits per heavy atom. The number of hydrogen-bond donors (Lipinski definition) is 2. The van der Waals surface area contributed by atoms with Crippen molar-refractivity contribution in [2.24, 2.45) is 0 Å². The van der Waals surface area contributed by atoms with E-state index < -0.39 is 0 Å². The highest BCUT2D eigenvalue weighted by atomic mass is 16.5. The fourth-order valence-corrected chi connectivity index (χ4v) is 1.96. The molecule has 1 saturated heterocycles. The number of aromatic nitrogens is 1. The zero-order valence-corrected chi connectivity index (χ0v) is 9.72. The van der Waals surface area contributed by atoms with E-state index in [-0.39, 0.29) is 12.1 Å². The molecule has 2 rings (SSSR count). The largest absolute Gasteiger partial charge is 0.453 e. The molecule has 1 unspecified atom stereocenters. The Hall–Kier alpha value is -1.98. The van der Waals surface area contributed by atoms with Gasteiger partial charge in [0.2, 0.25) is 0 Å². The van der Waals surface area contributed by atoms with Crippen LogP contribution in [0.25, 0.3) is 0 Å². The standard InChI is InChI=1S/C11H16N4O2/c1-17-11(16)14-9-2-3-15(7-9)10-4-8(12)5-13-6-10/h4-6,9H,2-3,7,12H2,1H3,(H,14,16). The average molecular weight is 236 g/mol. The third kappa shape index (κ3) is 2.77. The molecule has 1 aromatic heterocycles. The third-order valence-electron chi connectivity index (χ3n) is 2.81. The topological polar surface area (TPSA) is 80.5 Å². The summed E-state index contributed by atoms with van der Waals surface area (Å²) in [6.07, 6.45) is 3.90. The molecule has 0 aromatic carbocycles. The molecular weight excluding hydrogens is 220 g/mol. The minimum absolute atomic E-state index is 0.115. The minimum atomic E-state index is -0.387. The van der Waals surface area contributed by atoms with Crippen LogP contribution < -0.4 is 16.0 Å². The molecule has 1 aromatic rings. The molecule has 0 saturated carbocycles. The summed E-state index contributed by atoms with van der Waals surface area (Å²) in [7, 11) is 1.36. The molecule has 1 fully saturated rings. The van der Waals surface area contributed by atoms with Crippen molar-refractivity contribution in [1.82, 2.24) is 10.3 Å². The molecule has 1 aliphatic rings. The monoisotopic (exact) mass is 236 g/mol. The van der Waals surface area contributed by atoms with Crippen LogP contribution in [0.15, 0.2) is 18.5 Å². The first-order valence-corrected chi connectivity index (χ1v) is 5.49. The number of nitrogens with two attached hydrogens (primary N) is 1. The number of anilines is 2. The van der Waals surface area contributed by atoms with Gasteiger partial charge in [0.25, 0.3) is 0 Å². The van der Waals surface area contributed by atoms with Crippen molar-refractivity contribution in [3.05, 3.63) is 18.5 Å². The zero-order chi connectivity index (χ0) is 12.3. The number of methoxy groups -OCH3 is 1. The molecule has 17 heavy (non-hydrogen) atoms. The van der Waals surface area contributed by atoms with E-state index in [4.69, 9.17) is 5.73 Å². The maximum atomic E-state index is 11.1. The number of carbonyl (C=O) groups excluding carboxylic acids is 1. The first kappa shape index (κ1) is 11.5. The molecular formula is C11H16N4O2. The molecule has 6 nitrogen and oxygen atoms in total.